The van der Waals surface area contributed by atoms with Gasteiger partial charge in [0.1, 0.15) is 12.4 Å². The van der Waals surface area contributed by atoms with Crippen molar-refractivity contribution in [2.45, 2.75) is 6.61 Å². The van der Waals surface area contributed by atoms with Gasteiger partial charge in [-0.25, -0.2) is 9.79 Å². The molecule has 1 aliphatic rings. The predicted octanol–water partition coefficient (Wildman–Crippen LogP) is 6.42. The maximum absolute atomic E-state index is 12.3. The quantitative estimate of drug-likeness (QED) is 0.266. The van der Waals surface area contributed by atoms with Gasteiger partial charge in [0, 0.05) is 0 Å². The van der Waals surface area contributed by atoms with Crippen molar-refractivity contribution in [2.24, 2.45) is 4.99 Å². The van der Waals surface area contributed by atoms with Crippen molar-refractivity contribution in [2.75, 3.05) is 0 Å². The Labute approximate surface area is 190 Å². The van der Waals surface area contributed by atoms with Crippen molar-refractivity contribution in [3.05, 3.63) is 118 Å². The van der Waals surface area contributed by atoms with Gasteiger partial charge in [-0.2, -0.15) is 0 Å². The van der Waals surface area contributed by atoms with Crippen LogP contribution in [0.1, 0.15) is 16.7 Å². The Bertz CT molecular complexity index is 1390. The molecular formula is C27H18ClNO3. The number of fused-ring (bicyclic) bond motifs is 1. The van der Waals surface area contributed by atoms with E-state index in [0.29, 0.717) is 22.9 Å². The van der Waals surface area contributed by atoms with Crippen LogP contribution in [0.25, 0.3) is 16.8 Å². The fraction of sp³-hybridized carbons (Fsp3) is 0.0370. The van der Waals surface area contributed by atoms with E-state index >= 15 is 0 Å². The van der Waals surface area contributed by atoms with Gasteiger partial charge in [0.05, 0.1) is 10.6 Å². The molecule has 5 rings (SSSR count). The molecule has 0 N–H and O–H groups in total. The first-order valence-corrected chi connectivity index (χ1v) is 10.5. The van der Waals surface area contributed by atoms with Crippen LogP contribution in [0.15, 0.2) is 102 Å². The highest BCUT2D eigenvalue weighted by molar-refractivity contribution is 6.34. The topological polar surface area (TPSA) is 47.9 Å². The largest absolute Gasteiger partial charge is 0.489 e. The number of carbonyl (C=O) groups is 1. The highest BCUT2D eigenvalue weighted by Gasteiger charge is 2.25. The summed E-state index contributed by atoms with van der Waals surface area (Å²) in [5.74, 6) is 0.395. The van der Waals surface area contributed by atoms with E-state index in [4.69, 9.17) is 21.1 Å². The van der Waals surface area contributed by atoms with Crippen LogP contribution in [0.3, 0.4) is 0 Å². The van der Waals surface area contributed by atoms with Crippen molar-refractivity contribution in [3.63, 3.8) is 0 Å². The Hall–Kier alpha value is -3.89. The fourth-order valence-corrected chi connectivity index (χ4v) is 3.81. The Morgan fingerprint density at radius 1 is 0.906 bits per heavy atom. The van der Waals surface area contributed by atoms with Crippen LogP contribution in [0.4, 0.5) is 0 Å². The summed E-state index contributed by atoms with van der Waals surface area (Å²) in [6.45, 7) is 0.443. The average molecular weight is 440 g/mol. The Kier molecular flexibility index (Phi) is 5.44. The number of rotatable bonds is 5. The van der Waals surface area contributed by atoms with Crippen molar-refractivity contribution in [1.82, 2.24) is 0 Å². The van der Waals surface area contributed by atoms with Crippen molar-refractivity contribution < 1.29 is 14.3 Å². The van der Waals surface area contributed by atoms with Gasteiger partial charge in [-0.05, 0) is 52.2 Å². The third-order valence-electron chi connectivity index (χ3n) is 5.16. The molecule has 0 amide bonds. The average Bonchev–Trinajstić information content (AvgIpc) is 3.18. The van der Waals surface area contributed by atoms with Gasteiger partial charge >= 0.3 is 5.97 Å². The molecule has 0 saturated carbocycles. The molecule has 0 spiro atoms. The maximum atomic E-state index is 12.3. The number of aliphatic imine (C=N–C) groups is 1. The first-order chi connectivity index (χ1) is 15.7. The lowest BCUT2D eigenvalue weighted by molar-refractivity contribution is -0.129. The summed E-state index contributed by atoms with van der Waals surface area (Å²) in [4.78, 5) is 16.6. The monoisotopic (exact) mass is 439 g/mol. The summed E-state index contributed by atoms with van der Waals surface area (Å²) in [5.41, 5.74) is 2.70. The van der Waals surface area contributed by atoms with Gasteiger partial charge in [-0.1, -0.05) is 78.3 Å². The van der Waals surface area contributed by atoms with Gasteiger partial charge < -0.3 is 9.47 Å². The fourth-order valence-electron chi connectivity index (χ4n) is 3.59. The van der Waals surface area contributed by atoms with Gasteiger partial charge in [0.15, 0.2) is 5.70 Å². The second-order valence-corrected chi connectivity index (χ2v) is 7.72. The molecule has 0 saturated heterocycles. The van der Waals surface area contributed by atoms with E-state index in [-0.39, 0.29) is 11.6 Å². The van der Waals surface area contributed by atoms with E-state index in [0.717, 1.165) is 11.1 Å². The van der Waals surface area contributed by atoms with E-state index < -0.39 is 5.97 Å². The zero-order valence-electron chi connectivity index (χ0n) is 17.0. The van der Waals surface area contributed by atoms with Gasteiger partial charge in [0.2, 0.25) is 5.90 Å². The number of hydrogen-bond donors (Lipinski definition) is 0. The molecule has 32 heavy (non-hydrogen) atoms. The van der Waals surface area contributed by atoms with E-state index in [9.17, 15) is 4.79 Å². The third kappa shape index (κ3) is 4.13. The molecule has 0 atom stereocenters. The molecule has 5 heteroatoms. The van der Waals surface area contributed by atoms with E-state index in [1.54, 1.807) is 18.2 Å². The minimum atomic E-state index is -0.512. The van der Waals surface area contributed by atoms with Gasteiger partial charge in [-0.3, -0.25) is 0 Å². The van der Waals surface area contributed by atoms with Crippen molar-refractivity contribution in [1.29, 1.82) is 0 Å². The summed E-state index contributed by atoms with van der Waals surface area (Å²) in [6.07, 6.45) is 1.68. The van der Waals surface area contributed by atoms with Crippen LogP contribution in [0.2, 0.25) is 5.02 Å². The first kappa shape index (κ1) is 20.0. The minimum Gasteiger partial charge on any atom is -0.489 e. The lowest BCUT2D eigenvalue weighted by Crippen LogP contribution is -2.05. The SMILES string of the molecule is O=C1OC(c2ccccc2Cl)=N/C1=C/c1cccc(OCc2cccc3ccccc23)c1. The minimum absolute atomic E-state index is 0.204. The highest BCUT2D eigenvalue weighted by Crippen LogP contribution is 2.25. The molecule has 4 aromatic rings. The summed E-state index contributed by atoms with van der Waals surface area (Å²) >= 11 is 6.19. The molecule has 4 nitrogen and oxygen atoms in total. The molecular weight excluding hydrogens is 422 g/mol. The molecule has 1 heterocycles. The smallest absolute Gasteiger partial charge is 0.363 e. The van der Waals surface area contributed by atoms with Crippen LogP contribution in [0.5, 0.6) is 5.75 Å². The van der Waals surface area contributed by atoms with E-state index in [1.165, 1.54) is 10.8 Å². The molecule has 0 aromatic heterocycles. The zero-order chi connectivity index (χ0) is 21.9. The van der Waals surface area contributed by atoms with Crippen LogP contribution in [0, 0.1) is 0 Å². The second kappa shape index (κ2) is 8.69. The van der Waals surface area contributed by atoms with Crippen LogP contribution >= 0.6 is 11.6 Å². The van der Waals surface area contributed by atoms with Gasteiger partial charge in [0.25, 0.3) is 0 Å². The van der Waals surface area contributed by atoms with E-state index in [2.05, 4.69) is 29.3 Å². The number of carbonyl (C=O) groups excluding carboxylic acids is 1. The molecule has 0 radical (unpaired) electrons. The van der Waals surface area contributed by atoms with Crippen molar-refractivity contribution >= 4 is 40.3 Å². The maximum Gasteiger partial charge on any atom is 0.363 e. The number of cyclic esters (lactones) is 1. The lowest BCUT2D eigenvalue weighted by Gasteiger charge is -2.09. The number of halogens is 1. The standard InChI is InChI=1S/C27H18ClNO3/c28-24-14-4-3-13-23(24)26-29-25(27(30)32-26)16-18-7-5-11-21(15-18)31-17-20-10-6-9-19-8-1-2-12-22(19)20/h1-16H,17H2/b25-16+. The van der Waals surface area contributed by atoms with Crippen LogP contribution < -0.4 is 4.74 Å². The summed E-state index contributed by atoms with van der Waals surface area (Å²) in [5, 5.41) is 2.83. The van der Waals surface area contributed by atoms with Gasteiger partial charge in [-0.15, -0.1) is 0 Å². The van der Waals surface area contributed by atoms with Crippen LogP contribution in [-0.2, 0) is 16.1 Å². The summed E-state index contributed by atoms with van der Waals surface area (Å²) < 4.78 is 11.4. The normalized spacial score (nSPS) is 14.5. The Morgan fingerprint density at radius 3 is 2.59 bits per heavy atom. The first-order valence-electron chi connectivity index (χ1n) is 10.1. The van der Waals surface area contributed by atoms with Crippen LogP contribution in [-0.4, -0.2) is 11.9 Å². The summed E-state index contributed by atoms with van der Waals surface area (Å²) in [6, 6.07) is 29.0. The second-order valence-electron chi connectivity index (χ2n) is 7.32. The predicted molar refractivity (Wildman–Crippen MR) is 127 cm³/mol. The molecule has 4 aromatic carbocycles. The molecule has 0 fully saturated rings. The highest BCUT2D eigenvalue weighted by atomic mass is 35.5. The zero-order valence-corrected chi connectivity index (χ0v) is 17.8. The number of benzene rings is 4. The molecule has 0 bridgehead atoms. The number of ether oxygens (including phenoxy) is 2. The third-order valence-corrected chi connectivity index (χ3v) is 5.49. The Balaban J connectivity index is 1.37. The number of nitrogens with zero attached hydrogens (tertiary/aromatic N) is 1. The molecule has 0 aliphatic carbocycles. The van der Waals surface area contributed by atoms with E-state index in [1.807, 2.05) is 54.6 Å². The Morgan fingerprint density at radius 2 is 1.69 bits per heavy atom. The lowest BCUT2D eigenvalue weighted by atomic mass is 10.1. The molecule has 1 aliphatic heterocycles. The number of hydrogen-bond acceptors (Lipinski definition) is 4. The molecule has 156 valence electrons. The number of esters is 1. The summed E-state index contributed by atoms with van der Waals surface area (Å²) in [7, 11) is 0. The van der Waals surface area contributed by atoms with Crippen molar-refractivity contribution in [3.8, 4) is 5.75 Å². The molecule has 0 unspecified atom stereocenters.